The van der Waals surface area contributed by atoms with Crippen molar-refractivity contribution in [1.29, 1.82) is 0 Å². The van der Waals surface area contributed by atoms with Gasteiger partial charge in [0.2, 0.25) is 0 Å². The summed E-state index contributed by atoms with van der Waals surface area (Å²) in [6.07, 6.45) is 18.7. The highest BCUT2D eigenvalue weighted by Crippen LogP contribution is 2.25. The van der Waals surface area contributed by atoms with E-state index in [-0.39, 0.29) is 11.1 Å². The van der Waals surface area contributed by atoms with Gasteiger partial charge in [-0.05, 0) is 40.5 Å². The molecule has 0 saturated carbocycles. The Bertz CT molecular complexity index is 305. The fourth-order valence-electron chi connectivity index (χ4n) is 3.05. The molecule has 24 heavy (non-hydrogen) atoms. The van der Waals surface area contributed by atoms with Gasteiger partial charge in [0.05, 0.1) is 11.1 Å². The van der Waals surface area contributed by atoms with E-state index in [1.807, 2.05) is 0 Å². The minimum atomic E-state index is 0.00313. The molecule has 2 nitrogen and oxygen atoms in total. The summed E-state index contributed by atoms with van der Waals surface area (Å²) in [6, 6.07) is 0. The minimum absolute atomic E-state index is 0.00313. The van der Waals surface area contributed by atoms with E-state index in [0.29, 0.717) is 0 Å². The zero-order valence-electron chi connectivity index (χ0n) is 17.8. The van der Waals surface area contributed by atoms with Crippen LogP contribution in [0.15, 0.2) is 10.2 Å². The molecule has 0 aromatic heterocycles. The van der Waals surface area contributed by atoms with E-state index in [1.165, 1.54) is 77.0 Å². The molecular formula is C22H46N2. The van der Waals surface area contributed by atoms with Crippen molar-refractivity contribution >= 4 is 0 Å². The van der Waals surface area contributed by atoms with Crippen LogP contribution in [0.25, 0.3) is 0 Å². The van der Waals surface area contributed by atoms with Crippen molar-refractivity contribution in [3.8, 4) is 0 Å². The number of rotatable bonds is 16. The van der Waals surface area contributed by atoms with Gasteiger partial charge in [0.15, 0.2) is 0 Å². The van der Waals surface area contributed by atoms with Crippen LogP contribution in [0, 0.1) is 0 Å². The lowest BCUT2D eigenvalue weighted by atomic mass is 9.96. The van der Waals surface area contributed by atoms with E-state index in [9.17, 15) is 0 Å². The first kappa shape index (κ1) is 23.6. The van der Waals surface area contributed by atoms with Crippen LogP contribution < -0.4 is 0 Å². The molecule has 2 heteroatoms. The molecule has 0 bridgehead atoms. The van der Waals surface area contributed by atoms with Gasteiger partial charge in [-0.25, -0.2) is 0 Å². The first-order valence-corrected chi connectivity index (χ1v) is 10.8. The normalized spacial score (nSPS) is 13.1. The zero-order chi connectivity index (χ0) is 18.3. The van der Waals surface area contributed by atoms with Gasteiger partial charge in [0.25, 0.3) is 0 Å². The standard InChI is InChI=1S/C22H46N2/c1-7-9-11-12-13-14-15-16-18-20-22(5,6)24-23-21(3,4)19-17-10-8-2/h7-20H2,1-6H3. The Morgan fingerprint density at radius 1 is 0.458 bits per heavy atom. The van der Waals surface area contributed by atoms with Crippen LogP contribution in [0.2, 0.25) is 0 Å². The molecule has 0 aromatic carbocycles. The molecule has 0 fully saturated rings. The smallest absolute Gasteiger partial charge is 0.0760 e. The van der Waals surface area contributed by atoms with Crippen molar-refractivity contribution in [1.82, 2.24) is 0 Å². The van der Waals surface area contributed by atoms with E-state index in [2.05, 4.69) is 46.7 Å². The van der Waals surface area contributed by atoms with E-state index >= 15 is 0 Å². The molecule has 0 spiro atoms. The van der Waals surface area contributed by atoms with Crippen LogP contribution in [-0.4, -0.2) is 11.1 Å². The van der Waals surface area contributed by atoms with Gasteiger partial charge in [-0.2, -0.15) is 10.2 Å². The molecule has 0 aromatic rings. The molecule has 0 aliphatic carbocycles. The fourth-order valence-corrected chi connectivity index (χ4v) is 3.05. The molecular weight excluding hydrogens is 292 g/mol. The van der Waals surface area contributed by atoms with Gasteiger partial charge in [-0.3, -0.25) is 0 Å². The first-order valence-electron chi connectivity index (χ1n) is 10.8. The van der Waals surface area contributed by atoms with Gasteiger partial charge in [-0.1, -0.05) is 90.9 Å². The maximum Gasteiger partial charge on any atom is 0.0760 e. The molecule has 0 heterocycles. The molecule has 0 radical (unpaired) electrons. The second-order valence-corrected chi connectivity index (χ2v) is 8.86. The number of hydrogen-bond acceptors (Lipinski definition) is 2. The number of azo groups is 1. The lowest BCUT2D eigenvalue weighted by molar-refractivity contribution is 0.369. The highest BCUT2D eigenvalue weighted by Gasteiger charge is 2.20. The van der Waals surface area contributed by atoms with E-state index in [1.54, 1.807) is 0 Å². The third kappa shape index (κ3) is 15.1. The molecule has 0 saturated heterocycles. The van der Waals surface area contributed by atoms with Gasteiger partial charge in [0.1, 0.15) is 0 Å². The topological polar surface area (TPSA) is 24.7 Å². The predicted octanol–water partition coefficient (Wildman–Crippen LogP) is 8.50. The summed E-state index contributed by atoms with van der Waals surface area (Å²) in [5.41, 5.74) is 0.00802. The van der Waals surface area contributed by atoms with Crippen molar-refractivity contribution in [3.05, 3.63) is 0 Å². The average Bonchev–Trinajstić information content (AvgIpc) is 2.52. The summed E-state index contributed by atoms with van der Waals surface area (Å²) >= 11 is 0. The van der Waals surface area contributed by atoms with Crippen LogP contribution in [0.1, 0.15) is 131 Å². The Morgan fingerprint density at radius 3 is 1.17 bits per heavy atom. The highest BCUT2D eigenvalue weighted by atomic mass is 15.2. The molecule has 0 aliphatic heterocycles. The summed E-state index contributed by atoms with van der Waals surface area (Å²) in [5.74, 6) is 0. The number of nitrogens with zero attached hydrogens (tertiary/aromatic N) is 2. The quantitative estimate of drug-likeness (QED) is 0.199. The van der Waals surface area contributed by atoms with Gasteiger partial charge in [-0.15, -0.1) is 0 Å². The molecule has 0 atom stereocenters. The predicted molar refractivity (Wildman–Crippen MR) is 109 cm³/mol. The Kier molecular flexibility index (Phi) is 13.6. The summed E-state index contributed by atoms with van der Waals surface area (Å²) in [7, 11) is 0. The monoisotopic (exact) mass is 338 g/mol. The van der Waals surface area contributed by atoms with Gasteiger partial charge < -0.3 is 0 Å². The zero-order valence-corrected chi connectivity index (χ0v) is 17.8. The molecule has 0 unspecified atom stereocenters. The lowest BCUT2D eigenvalue weighted by Gasteiger charge is -2.23. The van der Waals surface area contributed by atoms with E-state index in [0.717, 1.165) is 12.8 Å². The largest absolute Gasteiger partial charge is 0.187 e. The second kappa shape index (κ2) is 13.8. The SMILES string of the molecule is CCCCCCCCCCCC(C)(C)N=NC(C)(C)CCCCC. The Labute approximate surface area is 153 Å². The molecule has 144 valence electrons. The van der Waals surface area contributed by atoms with Crippen LogP contribution in [-0.2, 0) is 0 Å². The van der Waals surface area contributed by atoms with Crippen molar-refractivity contribution in [3.63, 3.8) is 0 Å². The third-order valence-electron chi connectivity index (χ3n) is 4.88. The first-order chi connectivity index (χ1) is 11.3. The van der Waals surface area contributed by atoms with Gasteiger partial charge in [0, 0.05) is 0 Å². The number of unbranched alkanes of at least 4 members (excludes halogenated alkanes) is 10. The highest BCUT2D eigenvalue weighted by molar-refractivity contribution is 4.80. The third-order valence-corrected chi connectivity index (χ3v) is 4.88. The fraction of sp³-hybridized carbons (Fsp3) is 1.00. The summed E-state index contributed by atoms with van der Waals surface area (Å²) < 4.78 is 0. The van der Waals surface area contributed by atoms with Crippen molar-refractivity contribution in [2.75, 3.05) is 0 Å². The maximum absolute atomic E-state index is 4.70. The Hall–Kier alpha value is -0.400. The van der Waals surface area contributed by atoms with E-state index < -0.39 is 0 Å². The summed E-state index contributed by atoms with van der Waals surface area (Å²) in [6.45, 7) is 13.5. The van der Waals surface area contributed by atoms with Crippen LogP contribution in [0.5, 0.6) is 0 Å². The Morgan fingerprint density at radius 2 is 0.750 bits per heavy atom. The molecule has 0 rings (SSSR count). The minimum Gasteiger partial charge on any atom is -0.187 e. The van der Waals surface area contributed by atoms with Crippen molar-refractivity contribution < 1.29 is 0 Å². The summed E-state index contributed by atoms with van der Waals surface area (Å²) in [5, 5.41) is 9.38. The molecule has 0 amide bonds. The number of hydrogen-bond donors (Lipinski definition) is 0. The van der Waals surface area contributed by atoms with Crippen LogP contribution in [0.4, 0.5) is 0 Å². The van der Waals surface area contributed by atoms with Crippen LogP contribution >= 0.6 is 0 Å². The maximum atomic E-state index is 4.70. The van der Waals surface area contributed by atoms with E-state index in [4.69, 9.17) is 5.11 Å². The summed E-state index contributed by atoms with van der Waals surface area (Å²) in [4.78, 5) is 0. The van der Waals surface area contributed by atoms with Gasteiger partial charge >= 0.3 is 0 Å². The second-order valence-electron chi connectivity index (χ2n) is 8.86. The Balaban J connectivity index is 3.82. The lowest BCUT2D eigenvalue weighted by Crippen LogP contribution is -2.21. The average molecular weight is 339 g/mol. The van der Waals surface area contributed by atoms with Crippen LogP contribution in [0.3, 0.4) is 0 Å². The molecule has 0 aliphatic rings. The molecule has 0 N–H and O–H groups in total. The van der Waals surface area contributed by atoms with Crippen molar-refractivity contribution in [2.45, 2.75) is 143 Å². The van der Waals surface area contributed by atoms with Crippen molar-refractivity contribution in [2.24, 2.45) is 10.2 Å².